The van der Waals surface area contributed by atoms with Gasteiger partial charge in [0.2, 0.25) is 0 Å². The summed E-state index contributed by atoms with van der Waals surface area (Å²) in [6.07, 6.45) is 0.960. The number of hydrogen-bond acceptors (Lipinski definition) is 2. The molecule has 0 aromatic heterocycles. The Labute approximate surface area is 162 Å². The quantitative estimate of drug-likeness (QED) is 0.621. The zero-order valence-corrected chi connectivity index (χ0v) is 15.3. The molecule has 1 heterocycles. The molecule has 0 amide bonds. The van der Waals surface area contributed by atoms with Crippen molar-refractivity contribution in [3.05, 3.63) is 99.6 Å². The second-order valence-corrected chi connectivity index (χ2v) is 7.73. The number of carboxylic acid groups (broad SMARTS) is 1. The maximum Gasteiger partial charge on any atom is 0.337 e. The summed E-state index contributed by atoms with van der Waals surface area (Å²) in [5.41, 5.74) is 5.87. The Bertz CT molecular complexity index is 1060. The van der Waals surface area contributed by atoms with Crippen LogP contribution in [0.25, 0.3) is 0 Å². The van der Waals surface area contributed by atoms with Gasteiger partial charge in [0.15, 0.2) is 0 Å². The van der Waals surface area contributed by atoms with E-state index in [-0.39, 0.29) is 12.0 Å². The van der Waals surface area contributed by atoms with E-state index in [0.29, 0.717) is 16.5 Å². The molecule has 0 saturated heterocycles. The average Bonchev–Trinajstić information content (AvgIpc) is 3.06. The number of fused-ring (bicyclic) bond motifs is 5. The van der Waals surface area contributed by atoms with Gasteiger partial charge in [-0.2, -0.15) is 0 Å². The Morgan fingerprint density at radius 1 is 1.00 bits per heavy atom. The topological polar surface area (TPSA) is 49.3 Å². The lowest BCUT2D eigenvalue weighted by molar-refractivity contribution is 0.0697. The lowest BCUT2D eigenvalue weighted by atomic mass is 9.75. The number of hydrogen-bond donors (Lipinski definition) is 2. The minimum atomic E-state index is -0.908. The number of benzene rings is 3. The lowest BCUT2D eigenvalue weighted by Gasteiger charge is -2.38. The van der Waals surface area contributed by atoms with E-state index < -0.39 is 5.97 Å². The molecular weight excluding hydrogens is 358 g/mol. The number of anilines is 1. The molecule has 0 bridgehead atoms. The van der Waals surface area contributed by atoms with Gasteiger partial charge in [-0.05, 0) is 52.8 Å². The van der Waals surface area contributed by atoms with Crippen LogP contribution in [0, 0.1) is 5.92 Å². The van der Waals surface area contributed by atoms with E-state index in [1.54, 1.807) is 6.07 Å². The van der Waals surface area contributed by atoms with E-state index in [0.717, 1.165) is 23.2 Å². The fourth-order valence-electron chi connectivity index (χ4n) is 4.80. The number of para-hydroxylation sites is 1. The van der Waals surface area contributed by atoms with Crippen molar-refractivity contribution in [2.24, 2.45) is 5.92 Å². The first-order chi connectivity index (χ1) is 13.1. The van der Waals surface area contributed by atoms with Gasteiger partial charge in [0, 0.05) is 10.9 Å². The molecular formula is C23H18ClNO2. The summed E-state index contributed by atoms with van der Waals surface area (Å²) < 4.78 is 0. The smallest absolute Gasteiger partial charge is 0.337 e. The van der Waals surface area contributed by atoms with E-state index >= 15 is 0 Å². The maximum absolute atomic E-state index is 11.8. The molecule has 0 fully saturated rings. The van der Waals surface area contributed by atoms with Crippen LogP contribution in [0.5, 0.6) is 0 Å². The van der Waals surface area contributed by atoms with Crippen LogP contribution in [-0.4, -0.2) is 11.1 Å². The van der Waals surface area contributed by atoms with Gasteiger partial charge in [0.05, 0.1) is 17.3 Å². The standard InChI is InChI=1S/C23H18ClNO2/c24-15-7-3-6-14(11-15)21-19-12-13-5-1-2-8-16(13)20(19)17-9-4-10-18(23(26)27)22(17)25-21/h1-11,19-21,25H,12H2,(H,26,27)/t19-,20+,21+/m0/s1. The molecule has 1 aliphatic carbocycles. The van der Waals surface area contributed by atoms with Crippen LogP contribution < -0.4 is 5.32 Å². The average molecular weight is 376 g/mol. The van der Waals surface area contributed by atoms with Gasteiger partial charge in [-0.25, -0.2) is 4.79 Å². The first-order valence-electron chi connectivity index (χ1n) is 9.09. The van der Waals surface area contributed by atoms with Gasteiger partial charge in [-0.1, -0.05) is 60.1 Å². The first kappa shape index (κ1) is 16.4. The predicted molar refractivity (Wildman–Crippen MR) is 107 cm³/mol. The van der Waals surface area contributed by atoms with E-state index in [9.17, 15) is 9.90 Å². The number of carboxylic acids is 1. The first-order valence-corrected chi connectivity index (χ1v) is 9.47. The number of carbonyl (C=O) groups is 1. The van der Waals surface area contributed by atoms with E-state index in [1.165, 1.54) is 11.1 Å². The number of nitrogens with one attached hydrogen (secondary N) is 1. The summed E-state index contributed by atoms with van der Waals surface area (Å²) in [5, 5.41) is 14.0. The molecule has 3 aromatic carbocycles. The third-order valence-corrected chi connectivity index (χ3v) is 6.11. The highest BCUT2D eigenvalue weighted by atomic mass is 35.5. The second kappa shape index (κ2) is 6.14. The lowest BCUT2D eigenvalue weighted by Crippen LogP contribution is -2.31. The Morgan fingerprint density at radius 3 is 2.59 bits per heavy atom. The monoisotopic (exact) mass is 375 g/mol. The summed E-state index contributed by atoms with van der Waals surface area (Å²) in [6, 6.07) is 22.0. The molecule has 2 N–H and O–H groups in total. The van der Waals surface area contributed by atoms with Gasteiger partial charge < -0.3 is 10.4 Å². The minimum Gasteiger partial charge on any atom is -0.478 e. The zero-order valence-electron chi connectivity index (χ0n) is 14.5. The highest BCUT2D eigenvalue weighted by molar-refractivity contribution is 6.30. The Morgan fingerprint density at radius 2 is 1.78 bits per heavy atom. The van der Waals surface area contributed by atoms with Crippen molar-refractivity contribution in [3.8, 4) is 0 Å². The largest absolute Gasteiger partial charge is 0.478 e. The highest BCUT2D eigenvalue weighted by Crippen LogP contribution is 2.54. The SMILES string of the molecule is O=C(O)c1cccc2c1N[C@H](c1cccc(Cl)c1)[C@H]1Cc3ccccc3[C@H]21. The summed E-state index contributed by atoms with van der Waals surface area (Å²) >= 11 is 6.26. The van der Waals surface area contributed by atoms with Gasteiger partial charge in [0.1, 0.15) is 0 Å². The number of aromatic carboxylic acids is 1. The van der Waals surface area contributed by atoms with Crippen LogP contribution in [-0.2, 0) is 6.42 Å². The second-order valence-electron chi connectivity index (χ2n) is 7.30. The molecule has 5 rings (SSSR count). The molecule has 27 heavy (non-hydrogen) atoms. The third-order valence-electron chi connectivity index (χ3n) is 5.87. The maximum atomic E-state index is 11.8. The van der Waals surface area contributed by atoms with Crippen LogP contribution in [0.15, 0.2) is 66.7 Å². The molecule has 0 spiro atoms. The molecule has 3 nitrogen and oxygen atoms in total. The van der Waals surface area contributed by atoms with E-state index in [4.69, 9.17) is 11.6 Å². The summed E-state index contributed by atoms with van der Waals surface area (Å²) in [4.78, 5) is 11.8. The molecule has 0 saturated carbocycles. The highest BCUT2D eigenvalue weighted by Gasteiger charge is 2.44. The third kappa shape index (κ3) is 2.54. The van der Waals surface area contributed by atoms with Crippen LogP contribution in [0.4, 0.5) is 5.69 Å². The van der Waals surface area contributed by atoms with E-state index in [2.05, 4.69) is 41.7 Å². The van der Waals surface area contributed by atoms with Gasteiger partial charge in [0.25, 0.3) is 0 Å². The van der Waals surface area contributed by atoms with Crippen molar-refractivity contribution in [3.63, 3.8) is 0 Å². The normalized spacial score (nSPS) is 22.3. The minimum absolute atomic E-state index is 0.00843. The molecule has 134 valence electrons. The molecule has 0 radical (unpaired) electrons. The Kier molecular flexibility index (Phi) is 3.73. The van der Waals surface area contributed by atoms with Crippen molar-refractivity contribution in [2.75, 3.05) is 5.32 Å². The van der Waals surface area contributed by atoms with Crippen molar-refractivity contribution >= 4 is 23.3 Å². The van der Waals surface area contributed by atoms with Crippen molar-refractivity contribution < 1.29 is 9.90 Å². The zero-order chi connectivity index (χ0) is 18.5. The van der Waals surface area contributed by atoms with Crippen LogP contribution >= 0.6 is 11.6 Å². The molecule has 4 heteroatoms. The summed E-state index contributed by atoms with van der Waals surface area (Å²) in [6.45, 7) is 0. The van der Waals surface area contributed by atoms with Gasteiger partial charge in [-0.15, -0.1) is 0 Å². The van der Waals surface area contributed by atoms with Crippen molar-refractivity contribution in [2.45, 2.75) is 18.4 Å². The van der Waals surface area contributed by atoms with Crippen LogP contribution in [0.1, 0.15) is 44.6 Å². The molecule has 1 aliphatic heterocycles. The fraction of sp³-hybridized carbons (Fsp3) is 0.174. The molecule has 0 unspecified atom stereocenters. The Hall–Kier alpha value is -2.78. The molecule has 3 atom stereocenters. The molecule has 2 aliphatic rings. The van der Waals surface area contributed by atoms with Crippen LogP contribution in [0.2, 0.25) is 5.02 Å². The summed E-state index contributed by atoms with van der Waals surface area (Å²) in [5.74, 6) is -0.410. The van der Waals surface area contributed by atoms with Crippen molar-refractivity contribution in [1.29, 1.82) is 0 Å². The summed E-state index contributed by atoms with van der Waals surface area (Å²) in [7, 11) is 0. The van der Waals surface area contributed by atoms with Gasteiger partial charge in [-0.3, -0.25) is 0 Å². The van der Waals surface area contributed by atoms with Crippen LogP contribution in [0.3, 0.4) is 0 Å². The molecule has 3 aromatic rings. The number of halogens is 1. The van der Waals surface area contributed by atoms with E-state index in [1.807, 2.05) is 24.3 Å². The van der Waals surface area contributed by atoms with Gasteiger partial charge >= 0.3 is 5.97 Å². The Balaban J connectivity index is 1.73. The predicted octanol–water partition coefficient (Wildman–Crippen LogP) is 5.51. The fourth-order valence-corrected chi connectivity index (χ4v) is 4.99. The number of rotatable bonds is 2. The van der Waals surface area contributed by atoms with Crippen molar-refractivity contribution in [1.82, 2.24) is 0 Å².